The highest BCUT2D eigenvalue weighted by Gasteiger charge is 2.24. The number of ether oxygens (including phenoxy) is 9. The van der Waals surface area contributed by atoms with Crippen LogP contribution in [0.5, 0.6) is 0 Å². The third-order valence-electron chi connectivity index (χ3n) is 9.13. The number of amides is 2. The lowest BCUT2D eigenvalue weighted by Gasteiger charge is -2.20. The number of aliphatic hydroxyl groups is 1. The van der Waals surface area contributed by atoms with Gasteiger partial charge in [0.15, 0.2) is 0 Å². The molecule has 0 rings (SSSR count). The van der Waals surface area contributed by atoms with Gasteiger partial charge in [0.1, 0.15) is 76.8 Å². The van der Waals surface area contributed by atoms with Crippen molar-refractivity contribution in [1.29, 1.82) is 0 Å². The minimum absolute atomic E-state index is 0.0117. The standard InChI is InChI=1S/C14H24N4O5.C13H21NO6.C13H23NO5.C13H21NO5.C9H17NO4/c1-5-8-22-13(21)17-10(9-16-18-12(15)20)6-7-11(19)23-14(2,3)4;1-5-8-19-12(18)14-9(11(16)17)6-7-10(15)20-13(2,3)4;2*1-5-8-18-12(17)14-10(9-15)6-7-11(16)19-13(2,3)4;1-9(2,3)14-7(11)5-4-6(10)8(12)13/h5,9-10H,1,6-8H2,2-4H3,(H,17,21)(H3,15,18,20);5,9H,1,6-8H2,2-4H3,(H,14,18)(H,16,17);5,10,15H,1,6-9H2,2-4H3,(H,14,17);5,9-10H,1,6-8H2,2-4H3,(H,14,17);6H,4-5,10H2,1-3H3,(H,12,13)/p-4/b16-9+;;;;. The van der Waals surface area contributed by atoms with E-state index >= 15 is 0 Å². The molecule has 0 fully saturated rings. The lowest BCUT2D eigenvalue weighted by Crippen LogP contribution is -2.31. The fourth-order valence-corrected chi connectivity index (χ4v) is 5.61. The van der Waals surface area contributed by atoms with Gasteiger partial charge in [0.25, 0.3) is 0 Å². The molecular formula is C62H102N8O25-4. The van der Waals surface area contributed by atoms with Crippen LogP contribution in [0, 0.1) is 0 Å². The van der Waals surface area contributed by atoms with Crippen molar-refractivity contribution in [1.82, 2.24) is 5.43 Å². The van der Waals surface area contributed by atoms with Crippen LogP contribution in [0.3, 0.4) is 0 Å². The van der Waals surface area contributed by atoms with Crippen LogP contribution < -0.4 is 37.3 Å². The van der Waals surface area contributed by atoms with Gasteiger partial charge in [-0.25, -0.2) is 15.0 Å². The minimum Gasteiger partial charge on any atom is -0.596 e. The second kappa shape index (κ2) is 51.3. The molecule has 0 heterocycles. The Hall–Kier alpha value is -9.14. The smallest absolute Gasteiger partial charge is 0.332 e. The molecule has 0 saturated carbocycles. The second-order valence-corrected chi connectivity index (χ2v) is 24.3. The fraction of sp³-hybridized carbons (Fsp3) is 0.645. The monoisotopic (exact) mass is 1360 g/mol. The number of hydrogen-bond acceptors (Lipinski definition) is 29. The van der Waals surface area contributed by atoms with Crippen LogP contribution in [0.15, 0.2) is 75.7 Å². The summed E-state index contributed by atoms with van der Waals surface area (Å²) in [7, 11) is 0. The van der Waals surface area contributed by atoms with Crippen molar-refractivity contribution in [2.24, 2.45) is 36.5 Å². The molecule has 0 radical (unpaired) electrons. The molecule has 0 aromatic carbocycles. The molecule has 33 nitrogen and oxygen atoms in total. The van der Waals surface area contributed by atoms with Crippen LogP contribution in [0.25, 0.3) is 0 Å². The molecule has 95 heavy (non-hydrogen) atoms. The second-order valence-electron chi connectivity index (χ2n) is 24.3. The molecule has 0 saturated heterocycles. The van der Waals surface area contributed by atoms with Gasteiger partial charge in [-0.3, -0.25) is 48.7 Å². The third kappa shape index (κ3) is 70.6. The van der Waals surface area contributed by atoms with Crippen molar-refractivity contribution >= 4 is 84.7 Å². The molecule has 0 aliphatic carbocycles. The molecular weight excluding hydrogens is 1260 g/mol. The van der Waals surface area contributed by atoms with Crippen LogP contribution in [-0.2, 0) is 81.0 Å². The summed E-state index contributed by atoms with van der Waals surface area (Å²) in [4.78, 5) is 114. The maximum atomic E-state index is 11.7. The Morgan fingerprint density at radius 2 is 0.758 bits per heavy atom. The number of carbonyl (C=O) groups is 9. The molecule has 5 atom stereocenters. The number of carboxylic acid groups (broad SMARTS) is 2. The number of carboxylic acids is 2. The van der Waals surface area contributed by atoms with Crippen molar-refractivity contribution in [3.8, 4) is 0 Å². The summed E-state index contributed by atoms with van der Waals surface area (Å²) in [6, 6.07) is -5.52. The maximum absolute atomic E-state index is 11.7. The number of hydrogen-bond donors (Lipinski definition) is 6. The Bertz CT molecular complexity index is 2520. The predicted molar refractivity (Wildman–Crippen MR) is 342 cm³/mol. The highest BCUT2D eigenvalue weighted by molar-refractivity contribution is 5.79. The number of esters is 5. The molecule has 0 aliphatic heterocycles. The van der Waals surface area contributed by atoms with E-state index in [0.717, 1.165) is 0 Å². The van der Waals surface area contributed by atoms with Gasteiger partial charge in [-0.2, -0.15) is 5.10 Å². The number of aliphatic carboxylic acids is 2. The summed E-state index contributed by atoms with van der Waals surface area (Å²) in [6.45, 7) is 39.4. The van der Waals surface area contributed by atoms with Gasteiger partial charge >= 0.3 is 47.8 Å². The number of carbonyl (C=O) groups excluding carboxylic acids is 7. The number of rotatable bonds is 33. The van der Waals surface area contributed by atoms with E-state index in [1.165, 1.54) is 30.5 Å². The largest absolute Gasteiger partial charge is 0.596 e. The summed E-state index contributed by atoms with van der Waals surface area (Å²) in [5.41, 5.74) is 9.16. The van der Waals surface area contributed by atoms with Crippen molar-refractivity contribution in [3.05, 3.63) is 50.6 Å². The van der Waals surface area contributed by atoms with E-state index in [2.05, 4.69) is 65.6 Å². The van der Waals surface area contributed by atoms with E-state index in [9.17, 15) is 63.6 Å². The molecule has 0 aliphatic rings. The number of nitrogens with two attached hydrogens (primary N) is 2. The average Bonchev–Trinajstić information content (AvgIpc) is 1.60. The molecule has 544 valence electrons. The Morgan fingerprint density at radius 3 is 1.05 bits per heavy atom. The van der Waals surface area contributed by atoms with Crippen molar-refractivity contribution in [2.45, 2.75) is 226 Å². The van der Waals surface area contributed by atoms with E-state index in [4.69, 9.17) is 55.2 Å². The lowest BCUT2D eigenvalue weighted by molar-refractivity contribution is -0.251. The van der Waals surface area contributed by atoms with Gasteiger partial charge in [0.05, 0.1) is 18.7 Å². The Morgan fingerprint density at radius 1 is 0.463 bits per heavy atom. The lowest BCUT2D eigenvalue weighted by atomic mass is 10.1. The normalized spacial score (nSPS) is 13.5. The van der Waals surface area contributed by atoms with Gasteiger partial charge in [-0.1, -0.05) is 24.3 Å². The SMILES string of the molecule is C=CCOC([O-])=NC(/C=N/NC(N)=O)CCC(=O)OC(C)(C)C.C=CCOC([O-])=NC(C=O)CCC(=O)OC(C)(C)C.C=CCOC([O-])=NC(CCC(=O)OC(C)(C)C)C(=O)O.C=CCOC([O-])=NC(CO)CCC(=O)OC(C)(C)C.CC(C)(C)OC(=O)CCC(N)C(=O)O. The molecule has 8 N–H and O–H groups in total. The molecule has 33 heteroatoms. The van der Waals surface area contributed by atoms with Gasteiger partial charge in [-0.15, -0.1) is 26.3 Å². The van der Waals surface area contributed by atoms with E-state index < -0.39 is 124 Å². The van der Waals surface area contributed by atoms with E-state index in [1.807, 2.05) is 5.43 Å². The molecule has 2 amide bonds. The zero-order valence-electron chi connectivity index (χ0n) is 57.5. The highest BCUT2D eigenvalue weighted by Crippen LogP contribution is 2.15. The molecule has 0 spiro atoms. The zero-order valence-corrected chi connectivity index (χ0v) is 57.5. The first-order chi connectivity index (χ1) is 43.6. The van der Waals surface area contributed by atoms with Gasteiger partial charge in [-0.05, 0) is 136 Å². The number of aldehydes is 1. The average molecular weight is 1360 g/mol. The first-order valence-corrected chi connectivity index (χ1v) is 29.5. The summed E-state index contributed by atoms with van der Waals surface area (Å²) in [6.07, 6.45) is 4.25. The minimum atomic E-state index is -1.33. The fourth-order valence-electron chi connectivity index (χ4n) is 5.61. The summed E-state index contributed by atoms with van der Waals surface area (Å²) in [5.74, 6) is -4.63. The quantitative estimate of drug-likeness (QED) is 0.0104. The van der Waals surface area contributed by atoms with Gasteiger partial charge < -0.3 is 94.6 Å². The Balaban J connectivity index is -0.000000358. The Labute approximate surface area is 556 Å². The summed E-state index contributed by atoms with van der Waals surface area (Å²) >= 11 is 0. The summed E-state index contributed by atoms with van der Waals surface area (Å²) in [5, 5.41) is 74.9. The van der Waals surface area contributed by atoms with Crippen LogP contribution in [0.1, 0.15) is 168 Å². The van der Waals surface area contributed by atoms with Crippen molar-refractivity contribution < 1.29 is 122 Å². The van der Waals surface area contributed by atoms with Crippen molar-refractivity contribution in [3.63, 3.8) is 0 Å². The molecule has 0 bridgehead atoms. The number of aliphatic hydroxyl groups excluding tert-OH is 1. The van der Waals surface area contributed by atoms with Crippen molar-refractivity contribution in [2.75, 3.05) is 33.0 Å². The predicted octanol–water partition coefficient (Wildman–Crippen LogP) is 2.03. The topological polar surface area (TPSA) is 516 Å². The number of nitrogens with one attached hydrogen (secondary N) is 1. The van der Waals surface area contributed by atoms with E-state index in [-0.39, 0.29) is 103 Å². The van der Waals surface area contributed by atoms with Crippen LogP contribution >= 0.6 is 0 Å². The zero-order chi connectivity index (χ0) is 74.8. The maximum Gasteiger partial charge on any atom is 0.332 e. The molecule has 5 unspecified atom stereocenters. The van der Waals surface area contributed by atoms with Gasteiger partial charge in [0, 0.05) is 64.7 Å². The molecule has 0 aromatic heterocycles. The van der Waals surface area contributed by atoms with Crippen LogP contribution in [0.4, 0.5) is 4.79 Å². The summed E-state index contributed by atoms with van der Waals surface area (Å²) < 4.78 is 43.9. The first kappa shape index (κ1) is 94.6. The number of nitrogens with zero attached hydrogens (tertiary/aromatic N) is 5. The van der Waals surface area contributed by atoms with E-state index in [0.29, 0.717) is 6.29 Å². The number of hydrazone groups is 1. The Kier molecular flexibility index (Phi) is 51.1. The number of urea groups is 1. The van der Waals surface area contributed by atoms with Crippen LogP contribution in [-0.4, -0.2) is 191 Å². The van der Waals surface area contributed by atoms with Crippen LogP contribution in [0.2, 0.25) is 0 Å². The highest BCUT2D eigenvalue weighted by atomic mass is 16.6. The molecule has 0 aromatic rings. The first-order valence-electron chi connectivity index (χ1n) is 29.5. The van der Waals surface area contributed by atoms with E-state index in [1.54, 1.807) is 104 Å². The third-order valence-corrected chi connectivity index (χ3v) is 9.13. The number of primary amides is 1. The van der Waals surface area contributed by atoms with Gasteiger partial charge in [0.2, 0.25) is 0 Å². The number of aliphatic imine (C=N–C) groups is 4.